The first-order valence-electron chi connectivity index (χ1n) is 10.0. The van der Waals surface area contributed by atoms with Gasteiger partial charge < -0.3 is 9.47 Å². The number of hydrogen-bond acceptors (Lipinski definition) is 3. The van der Waals surface area contributed by atoms with Crippen LogP contribution >= 0.6 is 0 Å². The molecule has 0 saturated carbocycles. The maximum Gasteiger partial charge on any atom is 0.305 e. The third-order valence-electron chi connectivity index (χ3n) is 4.23. The first-order chi connectivity index (χ1) is 12.3. The van der Waals surface area contributed by atoms with Gasteiger partial charge in [-0.05, 0) is 51.9 Å². The van der Waals surface area contributed by atoms with Gasteiger partial charge in [0, 0.05) is 6.42 Å². The van der Waals surface area contributed by atoms with Gasteiger partial charge in [0.15, 0.2) is 0 Å². The normalized spacial score (nSPS) is 20.1. The smallest absolute Gasteiger partial charge is 0.305 e. The molecule has 0 spiro atoms. The van der Waals surface area contributed by atoms with Gasteiger partial charge in [-0.15, -0.1) is 0 Å². The fraction of sp³-hybridized carbons (Fsp3) is 0.682. The number of carbonyl (C=O) groups excluding carboxylic acids is 1. The average molecular weight is 349 g/mol. The molecule has 0 aromatic carbocycles. The highest BCUT2D eigenvalue weighted by atomic mass is 16.6. The van der Waals surface area contributed by atoms with Crippen molar-refractivity contribution in [2.24, 2.45) is 0 Å². The molecule has 25 heavy (non-hydrogen) atoms. The minimum atomic E-state index is -0.0920. The average Bonchev–Trinajstić information content (AvgIpc) is 3.35. The van der Waals surface area contributed by atoms with E-state index in [-0.39, 0.29) is 5.97 Å². The lowest BCUT2D eigenvalue weighted by atomic mass is 10.1. The van der Waals surface area contributed by atoms with Gasteiger partial charge in [-0.3, -0.25) is 4.79 Å². The van der Waals surface area contributed by atoms with Crippen molar-refractivity contribution in [2.75, 3.05) is 6.61 Å². The van der Waals surface area contributed by atoms with Crippen molar-refractivity contribution in [3.63, 3.8) is 0 Å². The Labute approximate surface area is 154 Å². The Morgan fingerprint density at radius 3 is 2.24 bits per heavy atom. The van der Waals surface area contributed by atoms with Crippen molar-refractivity contribution < 1.29 is 14.3 Å². The Hall–Kier alpha value is -1.35. The summed E-state index contributed by atoms with van der Waals surface area (Å²) in [6.45, 7) is 4.55. The Balaban J connectivity index is 1.92. The van der Waals surface area contributed by atoms with Crippen LogP contribution in [0.4, 0.5) is 0 Å². The van der Waals surface area contributed by atoms with Crippen molar-refractivity contribution >= 4 is 5.97 Å². The Morgan fingerprint density at radius 1 is 0.880 bits per heavy atom. The van der Waals surface area contributed by atoms with E-state index in [0.29, 0.717) is 25.2 Å². The van der Waals surface area contributed by atoms with Gasteiger partial charge >= 0.3 is 5.97 Å². The summed E-state index contributed by atoms with van der Waals surface area (Å²) in [6, 6.07) is 0. The molecule has 3 nitrogen and oxygen atoms in total. The number of rotatable bonds is 15. The number of carbonyl (C=O) groups is 1. The Bertz CT molecular complexity index is 423. The Morgan fingerprint density at radius 2 is 1.52 bits per heavy atom. The van der Waals surface area contributed by atoms with Gasteiger partial charge in [0.1, 0.15) is 0 Å². The summed E-state index contributed by atoms with van der Waals surface area (Å²) >= 11 is 0. The number of esters is 1. The summed E-state index contributed by atoms with van der Waals surface area (Å²) in [4.78, 5) is 11.2. The van der Waals surface area contributed by atoms with E-state index in [9.17, 15) is 4.79 Å². The van der Waals surface area contributed by atoms with Crippen molar-refractivity contribution in [1.82, 2.24) is 0 Å². The highest BCUT2D eigenvalue weighted by Gasteiger charge is 2.35. The van der Waals surface area contributed by atoms with Crippen LogP contribution in [0, 0.1) is 0 Å². The highest BCUT2D eigenvalue weighted by molar-refractivity contribution is 5.69. The van der Waals surface area contributed by atoms with E-state index in [4.69, 9.17) is 9.47 Å². The summed E-state index contributed by atoms with van der Waals surface area (Å²) in [6.07, 6.45) is 24.6. The van der Waals surface area contributed by atoms with Crippen molar-refractivity contribution in [3.05, 3.63) is 36.5 Å². The van der Waals surface area contributed by atoms with E-state index in [0.717, 1.165) is 32.1 Å². The molecule has 0 bridgehead atoms. The monoisotopic (exact) mass is 348 g/mol. The molecular formula is C22H36O3. The molecule has 1 saturated heterocycles. The Kier molecular flexibility index (Phi) is 13.0. The van der Waals surface area contributed by atoms with E-state index in [1.807, 2.05) is 6.92 Å². The largest absolute Gasteiger partial charge is 0.466 e. The molecule has 2 unspecified atom stereocenters. The number of epoxide rings is 1. The fourth-order valence-corrected chi connectivity index (χ4v) is 2.67. The molecule has 1 aliphatic rings. The number of allylic oxidation sites excluding steroid dienone is 4. The summed E-state index contributed by atoms with van der Waals surface area (Å²) in [5, 5.41) is 0. The molecular weight excluding hydrogens is 312 g/mol. The van der Waals surface area contributed by atoms with Gasteiger partial charge in [0.05, 0.1) is 18.8 Å². The van der Waals surface area contributed by atoms with Crippen LogP contribution in [-0.2, 0) is 14.3 Å². The van der Waals surface area contributed by atoms with Gasteiger partial charge in [-0.25, -0.2) is 0 Å². The van der Waals surface area contributed by atoms with Crippen LogP contribution in [0.2, 0.25) is 0 Å². The molecule has 0 aromatic heterocycles. The van der Waals surface area contributed by atoms with Crippen LogP contribution in [0.25, 0.3) is 0 Å². The summed E-state index contributed by atoms with van der Waals surface area (Å²) in [5.74, 6) is -0.0920. The maximum atomic E-state index is 11.2. The van der Waals surface area contributed by atoms with Crippen LogP contribution in [0.3, 0.4) is 0 Å². The zero-order chi connectivity index (χ0) is 18.2. The lowest BCUT2D eigenvalue weighted by Crippen LogP contribution is -2.02. The molecule has 1 fully saturated rings. The summed E-state index contributed by atoms with van der Waals surface area (Å²) in [5.41, 5.74) is 0. The van der Waals surface area contributed by atoms with Crippen molar-refractivity contribution in [1.29, 1.82) is 0 Å². The molecule has 2 atom stereocenters. The minimum Gasteiger partial charge on any atom is -0.466 e. The minimum absolute atomic E-state index is 0.0920. The number of ether oxygens (including phenoxy) is 2. The van der Waals surface area contributed by atoms with Crippen LogP contribution < -0.4 is 0 Å². The molecule has 0 amide bonds. The van der Waals surface area contributed by atoms with Crippen LogP contribution in [0.15, 0.2) is 36.5 Å². The molecule has 0 aromatic rings. The molecule has 1 heterocycles. The van der Waals surface area contributed by atoms with Gasteiger partial charge in [-0.2, -0.15) is 0 Å². The van der Waals surface area contributed by atoms with Crippen molar-refractivity contribution in [2.45, 2.75) is 90.3 Å². The first kappa shape index (κ1) is 21.7. The first-order valence-corrected chi connectivity index (χ1v) is 10.0. The highest BCUT2D eigenvalue weighted by Crippen LogP contribution is 2.29. The number of unbranched alkanes of at least 4 members (excludes halogenated alkanes) is 4. The second-order valence-electron chi connectivity index (χ2n) is 6.53. The van der Waals surface area contributed by atoms with Crippen molar-refractivity contribution in [3.8, 4) is 0 Å². The number of hydrogen-bond donors (Lipinski definition) is 0. The van der Waals surface area contributed by atoms with Gasteiger partial charge in [-0.1, -0.05) is 56.2 Å². The zero-order valence-electron chi connectivity index (χ0n) is 16.1. The molecule has 3 heteroatoms. The quantitative estimate of drug-likeness (QED) is 0.160. The molecule has 0 N–H and O–H groups in total. The summed E-state index contributed by atoms with van der Waals surface area (Å²) < 4.78 is 10.6. The van der Waals surface area contributed by atoms with Gasteiger partial charge in [0.25, 0.3) is 0 Å². The zero-order valence-corrected chi connectivity index (χ0v) is 16.1. The van der Waals surface area contributed by atoms with Gasteiger partial charge in [0.2, 0.25) is 0 Å². The standard InChI is InChI=1S/C22H36O3/c1-3-5-6-7-11-14-17-20-21(25-20)18-15-12-9-8-10-13-16-19-22(23)24-4-2/h8,10-12,14-15,20-21H,3-7,9,13,16-19H2,1-2H3/b10-8-,14-11-,15-12-. The second kappa shape index (κ2) is 14.9. The second-order valence-corrected chi connectivity index (χ2v) is 6.53. The van der Waals surface area contributed by atoms with E-state index in [2.05, 4.69) is 43.4 Å². The molecule has 142 valence electrons. The lowest BCUT2D eigenvalue weighted by molar-refractivity contribution is -0.143. The van der Waals surface area contributed by atoms with E-state index in [1.165, 1.54) is 25.7 Å². The lowest BCUT2D eigenvalue weighted by Gasteiger charge is -1.98. The third-order valence-corrected chi connectivity index (χ3v) is 4.23. The van der Waals surface area contributed by atoms with Crippen LogP contribution in [0.1, 0.15) is 78.1 Å². The fourth-order valence-electron chi connectivity index (χ4n) is 2.67. The van der Waals surface area contributed by atoms with E-state index in [1.54, 1.807) is 0 Å². The molecule has 0 aliphatic carbocycles. The third kappa shape index (κ3) is 12.6. The molecule has 0 radical (unpaired) electrons. The van der Waals surface area contributed by atoms with E-state index < -0.39 is 0 Å². The predicted octanol–water partition coefficient (Wildman–Crippen LogP) is 5.91. The summed E-state index contributed by atoms with van der Waals surface area (Å²) in [7, 11) is 0. The van der Waals surface area contributed by atoms with Crippen LogP contribution in [-0.4, -0.2) is 24.8 Å². The van der Waals surface area contributed by atoms with E-state index >= 15 is 0 Å². The predicted molar refractivity (Wildman–Crippen MR) is 105 cm³/mol. The van der Waals surface area contributed by atoms with Crippen LogP contribution in [0.5, 0.6) is 0 Å². The topological polar surface area (TPSA) is 38.8 Å². The molecule has 1 rings (SSSR count). The SMILES string of the molecule is CCCCC/C=C\CC1OC1C/C=C\C/C=C\CCCC(=O)OCC. The maximum absolute atomic E-state index is 11.2. The molecule has 1 aliphatic heterocycles.